The van der Waals surface area contributed by atoms with Crippen molar-refractivity contribution < 1.29 is 24.2 Å². The molecule has 7 nitrogen and oxygen atoms in total. The van der Waals surface area contributed by atoms with Crippen molar-refractivity contribution in [2.75, 3.05) is 13.1 Å². The van der Waals surface area contributed by atoms with E-state index in [9.17, 15) is 14.4 Å². The van der Waals surface area contributed by atoms with Crippen LogP contribution in [0.2, 0.25) is 0 Å². The number of hydrogen-bond donors (Lipinski definition) is 3. The van der Waals surface area contributed by atoms with Crippen LogP contribution in [0.4, 0.5) is 0 Å². The monoisotopic (exact) mass is 422 g/mol. The number of hydrogen-bond acceptors (Lipinski definition) is 4. The molecule has 0 radical (unpaired) electrons. The van der Waals surface area contributed by atoms with Crippen LogP contribution in [0, 0.1) is 11.8 Å². The third-order valence-electron chi connectivity index (χ3n) is 6.17. The van der Waals surface area contributed by atoms with Gasteiger partial charge in [-0.2, -0.15) is 0 Å². The van der Waals surface area contributed by atoms with Crippen LogP contribution in [0.5, 0.6) is 0 Å². The Labute approximate surface area is 180 Å². The largest absolute Gasteiger partial charge is 0.481 e. The quantitative estimate of drug-likeness (QED) is 0.278. The third-order valence-corrected chi connectivity index (χ3v) is 6.17. The van der Waals surface area contributed by atoms with Crippen LogP contribution in [0.1, 0.15) is 77.6 Å². The average molecular weight is 423 g/mol. The number of allylic oxidation sites excluding steroid dienone is 2. The van der Waals surface area contributed by atoms with Crippen LogP contribution in [0.3, 0.4) is 0 Å². The highest BCUT2D eigenvalue weighted by Gasteiger charge is 2.47. The fourth-order valence-corrected chi connectivity index (χ4v) is 4.50. The highest BCUT2D eigenvalue weighted by molar-refractivity contribution is 5.84. The van der Waals surface area contributed by atoms with Crippen molar-refractivity contribution in [1.29, 1.82) is 0 Å². The average Bonchev–Trinajstić information content (AvgIpc) is 3.32. The number of carboxylic acids is 1. The maximum absolute atomic E-state index is 12.2. The molecule has 7 heteroatoms. The van der Waals surface area contributed by atoms with Crippen LogP contribution < -0.4 is 10.6 Å². The molecule has 2 bridgehead atoms. The van der Waals surface area contributed by atoms with Gasteiger partial charge in [-0.3, -0.25) is 14.4 Å². The SMILES string of the molecule is CCCCCCC(=O)NCC(=O)NC[C@H]1[C@@H](C/C=C\CCCC(=O)O)[C@@H]2CC[C@H]1O2. The van der Waals surface area contributed by atoms with Crippen molar-refractivity contribution in [2.24, 2.45) is 11.8 Å². The summed E-state index contributed by atoms with van der Waals surface area (Å²) in [4.78, 5) is 34.5. The number of ether oxygens (including phenoxy) is 1. The number of amides is 2. The zero-order valence-corrected chi connectivity index (χ0v) is 18.2. The summed E-state index contributed by atoms with van der Waals surface area (Å²) in [5.41, 5.74) is 0. The van der Waals surface area contributed by atoms with Crippen LogP contribution >= 0.6 is 0 Å². The summed E-state index contributed by atoms with van der Waals surface area (Å²) in [6.07, 6.45) is 13.9. The van der Waals surface area contributed by atoms with Crippen molar-refractivity contribution in [3.63, 3.8) is 0 Å². The molecular formula is C23H38N2O5. The van der Waals surface area contributed by atoms with E-state index in [0.29, 0.717) is 31.2 Å². The van der Waals surface area contributed by atoms with E-state index in [1.807, 2.05) is 0 Å². The molecule has 4 atom stereocenters. The first-order chi connectivity index (χ1) is 14.5. The molecule has 2 aliphatic rings. The molecule has 0 unspecified atom stereocenters. The maximum atomic E-state index is 12.2. The minimum absolute atomic E-state index is 0.0302. The number of unbranched alkanes of at least 4 members (excludes halogenated alkanes) is 4. The summed E-state index contributed by atoms with van der Waals surface area (Å²) in [6.45, 7) is 2.74. The van der Waals surface area contributed by atoms with Gasteiger partial charge in [0.15, 0.2) is 0 Å². The van der Waals surface area contributed by atoms with Gasteiger partial charge < -0.3 is 20.5 Å². The molecule has 2 saturated heterocycles. The van der Waals surface area contributed by atoms with Gasteiger partial charge in [-0.15, -0.1) is 0 Å². The summed E-state index contributed by atoms with van der Waals surface area (Å²) in [6, 6.07) is 0. The molecule has 2 rings (SSSR count). The predicted molar refractivity (Wildman–Crippen MR) is 115 cm³/mol. The van der Waals surface area contributed by atoms with E-state index in [1.54, 1.807) is 0 Å². The Bertz CT molecular complexity index is 592. The molecule has 2 fully saturated rings. The van der Waals surface area contributed by atoms with Gasteiger partial charge in [0.2, 0.25) is 11.8 Å². The molecule has 2 amide bonds. The van der Waals surface area contributed by atoms with E-state index < -0.39 is 5.97 Å². The van der Waals surface area contributed by atoms with Gasteiger partial charge in [-0.1, -0.05) is 38.3 Å². The van der Waals surface area contributed by atoms with Gasteiger partial charge in [0, 0.05) is 25.3 Å². The summed E-state index contributed by atoms with van der Waals surface area (Å²) in [7, 11) is 0. The second-order valence-electron chi connectivity index (χ2n) is 8.50. The molecule has 30 heavy (non-hydrogen) atoms. The summed E-state index contributed by atoms with van der Waals surface area (Å²) in [5, 5.41) is 14.4. The number of aliphatic carboxylic acids is 1. The normalized spacial score (nSPS) is 25.0. The standard InChI is InChI=1S/C23H38N2O5/c1-2-3-4-8-11-21(26)25-16-22(27)24-15-18-17(19-13-14-20(18)30-19)10-7-5-6-9-12-23(28)29/h5,7,17-20H,2-4,6,8-16H2,1H3,(H,24,27)(H,25,26)(H,28,29)/b7-5-/t17-,18+,19+,20-/m1/s1. The van der Waals surface area contributed by atoms with Crippen LogP contribution in [-0.4, -0.2) is 48.2 Å². The fraction of sp³-hybridized carbons (Fsp3) is 0.783. The van der Waals surface area contributed by atoms with Crippen molar-refractivity contribution in [2.45, 2.75) is 89.8 Å². The van der Waals surface area contributed by atoms with E-state index in [0.717, 1.165) is 51.4 Å². The lowest BCUT2D eigenvalue weighted by atomic mass is 9.77. The zero-order chi connectivity index (χ0) is 21.8. The summed E-state index contributed by atoms with van der Waals surface area (Å²) < 4.78 is 6.07. The van der Waals surface area contributed by atoms with Gasteiger partial charge in [-0.05, 0) is 44.4 Å². The van der Waals surface area contributed by atoms with Crippen molar-refractivity contribution >= 4 is 17.8 Å². The smallest absolute Gasteiger partial charge is 0.303 e. The van der Waals surface area contributed by atoms with E-state index >= 15 is 0 Å². The molecule has 2 aliphatic heterocycles. The first-order valence-electron chi connectivity index (χ1n) is 11.6. The van der Waals surface area contributed by atoms with Gasteiger partial charge >= 0.3 is 5.97 Å². The van der Waals surface area contributed by atoms with Gasteiger partial charge in [0.05, 0.1) is 18.8 Å². The Hall–Kier alpha value is -1.89. The number of carbonyl (C=O) groups is 3. The highest BCUT2D eigenvalue weighted by atomic mass is 16.5. The maximum Gasteiger partial charge on any atom is 0.303 e. The Kier molecular flexibility index (Phi) is 10.9. The molecule has 0 aliphatic carbocycles. The molecule has 170 valence electrons. The van der Waals surface area contributed by atoms with E-state index in [1.165, 1.54) is 0 Å². The summed E-state index contributed by atoms with van der Waals surface area (Å²) >= 11 is 0. The highest BCUT2D eigenvalue weighted by Crippen LogP contribution is 2.44. The third kappa shape index (κ3) is 8.46. The Balaban J connectivity index is 1.66. The topological polar surface area (TPSA) is 105 Å². The fourth-order valence-electron chi connectivity index (χ4n) is 4.50. The second kappa shape index (κ2) is 13.4. The summed E-state index contributed by atoms with van der Waals surface area (Å²) in [5.74, 6) is -0.291. The number of carboxylic acid groups (broad SMARTS) is 1. The second-order valence-corrected chi connectivity index (χ2v) is 8.50. The van der Waals surface area contributed by atoms with Gasteiger partial charge in [0.1, 0.15) is 0 Å². The molecule has 0 aromatic carbocycles. The molecular weight excluding hydrogens is 384 g/mol. The van der Waals surface area contributed by atoms with Gasteiger partial charge in [-0.25, -0.2) is 0 Å². The predicted octanol–water partition coefficient (Wildman–Crippen LogP) is 3.18. The lowest BCUT2D eigenvalue weighted by Gasteiger charge is -2.27. The lowest BCUT2D eigenvalue weighted by molar-refractivity contribution is -0.137. The molecule has 3 N–H and O–H groups in total. The zero-order valence-electron chi connectivity index (χ0n) is 18.2. The first-order valence-corrected chi connectivity index (χ1v) is 11.6. The first kappa shape index (κ1) is 24.4. The van der Waals surface area contributed by atoms with Crippen molar-refractivity contribution in [1.82, 2.24) is 10.6 Å². The Morgan fingerprint density at radius 2 is 1.70 bits per heavy atom. The Morgan fingerprint density at radius 3 is 2.43 bits per heavy atom. The lowest BCUT2D eigenvalue weighted by Crippen LogP contribution is -2.42. The van der Waals surface area contributed by atoms with Crippen molar-refractivity contribution in [3.05, 3.63) is 12.2 Å². The molecule has 0 aromatic heterocycles. The van der Waals surface area contributed by atoms with Gasteiger partial charge in [0.25, 0.3) is 0 Å². The minimum Gasteiger partial charge on any atom is -0.481 e. The van der Waals surface area contributed by atoms with E-state index in [4.69, 9.17) is 9.84 Å². The number of fused-ring (bicyclic) bond motifs is 2. The van der Waals surface area contributed by atoms with E-state index in [2.05, 4.69) is 29.7 Å². The number of rotatable bonds is 15. The van der Waals surface area contributed by atoms with Crippen LogP contribution in [0.25, 0.3) is 0 Å². The number of carbonyl (C=O) groups excluding carboxylic acids is 2. The molecule has 0 spiro atoms. The van der Waals surface area contributed by atoms with Crippen LogP contribution in [-0.2, 0) is 19.1 Å². The number of nitrogens with one attached hydrogen (secondary N) is 2. The van der Waals surface area contributed by atoms with E-state index in [-0.39, 0.29) is 37.0 Å². The molecule has 2 heterocycles. The van der Waals surface area contributed by atoms with Crippen LogP contribution in [0.15, 0.2) is 12.2 Å². The van der Waals surface area contributed by atoms with Crippen molar-refractivity contribution in [3.8, 4) is 0 Å². The minimum atomic E-state index is -0.756. The Morgan fingerprint density at radius 1 is 0.933 bits per heavy atom. The molecule has 0 saturated carbocycles. The molecule has 0 aromatic rings.